The van der Waals surface area contributed by atoms with Crippen LogP contribution in [-0.4, -0.2) is 31.3 Å². The molecule has 0 amide bonds. The van der Waals surface area contributed by atoms with Crippen molar-refractivity contribution in [3.63, 3.8) is 0 Å². The molecule has 1 unspecified atom stereocenters. The monoisotopic (exact) mass is 281 g/mol. The van der Waals surface area contributed by atoms with Gasteiger partial charge in [-0.05, 0) is 11.4 Å². The Hall–Kier alpha value is -1.86. The Balaban J connectivity index is 2.41. The lowest BCUT2D eigenvalue weighted by Gasteiger charge is -2.14. The topological polar surface area (TPSA) is 79.5 Å². The van der Waals surface area contributed by atoms with Gasteiger partial charge in [-0.15, -0.1) is 11.3 Å². The molecule has 2 rings (SSSR count). The Bertz CT molecular complexity index is 559. The van der Waals surface area contributed by atoms with E-state index in [-0.39, 0.29) is 0 Å². The molecular weight excluding hydrogens is 266 g/mol. The highest BCUT2D eigenvalue weighted by Gasteiger charge is 2.22. The molecule has 7 heteroatoms. The van der Waals surface area contributed by atoms with Crippen molar-refractivity contribution >= 4 is 11.3 Å². The third-order valence-corrected chi connectivity index (χ3v) is 3.58. The molecule has 19 heavy (non-hydrogen) atoms. The van der Waals surface area contributed by atoms with Gasteiger partial charge in [-0.3, -0.25) is 0 Å². The summed E-state index contributed by atoms with van der Waals surface area (Å²) in [6.45, 7) is 0. The predicted molar refractivity (Wildman–Crippen MR) is 72.0 cm³/mol. The molecule has 0 saturated carbocycles. The third kappa shape index (κ3) is 2.61. The first-order valence-corrected chi connectivity index (χ1v) is 6.41. The quantitative estimate of drug-likeness (QED) is 0.897. The molecule has 0 aromatic carbocycles. The predicted octanol–water partition coefficient (Wildman–Crippen LogP) is 1.61. The maximum absolute atomic E-state index is 6.21. The highest BCUT2D eigenvalue weighted by Crippen LogP contribution is 2.35. The van der Waals surface area contributed by atoms with E-state index in [1.165, 1.54) is 31.8 Å². The normalized spacial score (nSPS) is 12.0. The van der Waals surface area contributed by atoms with Crippen LogP contribution in [0.2, 0.25) is 0 Å². The lowest BCUT2D eigenvalue weighted by Crippen LogP contribution is -2.15. The summed E-state index contributed by atoms with van der Waals surface area (Å²) in [6, 6.07) is 1.41. The number of thiophene rings is 1. The number of aromatic nitrogens is 2. The molecule has 0 aliphatic carbocycles. The van der Waals surface area contributed by atoms with Gasteiger partial charge in [0.15, 0.2) is 0 Å². The fourth-order valence-electron chi connectivity index (χ4n) is 1.66. The van der Waals surface area contributed by atoms with Gasteiger partial charge >= 0.3 is 0 Å². The van der Waals surface area contributed by atoms with Crippen LogP contribution in [0, 0.1) is 0 Å². The molecule has 1 atom stereocenters. The average Bonchev–Trinajstić information content (AvgIpc) is 2.94. The van der Waals surface area contributed by atoms with Crippen molar-refractivity contribution in [1.82, 2.24) is 9.97 Å². The van der Waals surface area contributed by atoms with Crippen LogP contribution in [0.5, 0.6) is 17.5 Å². The molecule has 0 fully saturated rings. The van der Waals surface area contributed by atoms with Gasteiger partial charge in [0.1, 0.15) is 11.4 Å². The molecule has 2 aromatic heterocycles. The largest absolute Gasteiger partial charge is 0.496 e. The van der Waals surface area contributed by atoms with Gasteiger partial charge in [-0.25, -0.2) is 4.98 Å². The van der Waals surface area contributed by atoms with Crippen LogP contribution in [0.4, 0.5) is 0 Å². The summed E-state index contributed by atoms with van der Waals surface area (Å²) in [7, 11) is 4.64. The highest BCUT2D eigenvalue weighted by atomic mass is 32.1. The Morgan fingerprint density at radius 2 is 2.00 bits per heavy atom. The van der Waals surface area contributed by atoms with Gasteiger partial charge in [-0.2, -0.15) is 4.98 Å². The van der Waals surface area contributed by atoms with Gasteiger partial charge in [0.05, 0.1) is 38.4 Å². The maximum Gasteiger partial charge on any atom is 0.240 e. The van der Waals surface area contributed by atoms with E-state index >= 15 is 0 Å². The second-order valence-corrected chi connectivity index (χ2v) is 4.59. The zero-order valence-electron chi connectivity index (χ0n) is 10.9. The molecule has 102 valence electrons. The average molecular weight is 281 g/mol. The Morgan fingerprint density at radius 3 is 2.63 bits per heavy atom. The van der Waals surface area contributed by atoms with Crippen LogP contribution in [0.3, 0.4) is 0 Å². The number of nitrogens with two attached hydrogens (primary N) is 1. The van der Waals surface area contributed by atoms with Crippen LogP contribution in [0.15, 0.2) is 17.6 Å². The van der Waals surface area contributed by atoms with Gasteiger partial charge in [0.2, 0.25) is 11.8 Å². The van der Waals surface area contributed by atoms with Gasteiger partial charge in [0, 0.05) is 0 Å². The number of hydrogen-bond acceptors (Lipinski definition) is 7. The van der Waals surface area contributed by atoms with E-state index < -0.39 is 6.04 Å². The molecule has 2 aromatic rings. The van der Waals surface area contributed by atoms with Crippen LogP contribution in [-0.2, 0) is 0 Å². The minimum absolute atomic E-state index is 0.349. The first-order chi connectivity index (χ1) is 9.21. The molecule has 2 N–H and O–H groups in total. The number of hydrogen-bond donors (Lipinski definition) is 1. The van der Waals surface area contributed by atoms with E-state index in [2.05, 4.69) is 9.97 Å². The van der Waals surface area contributed by atoms with Crippen molar-refractivity contribution < 1.29 is 14.2 Å². The van der Waals surface area contributed by atoms with Crippen molar-refractivity contribution in [2.45, 2.75) is 6.04 Å². The second kappa shape index (κ2) is 5.85. The van der Waals surface area contributed by atoms with Gasteiger partial charge in [0.25, 0.3) is 0 Å². The highest BCUT2D eigenvalue weighted by molar-refractivity contribution is 7.10. The minimum atomic E-state index is -0.455. The summed E-state index contributed by atoms with van der Waals surface area (Å²) < 4.78 is 15.5. The summed E-state index contributed by atoms with van der Waals surface area (Å²) in [5.74, 6) is 1.46. The van der Waals surface area contributed by atoms with Crippen LogP contribution >= 0.6 is 11.3 Å². The van der Waals surface area contributed by atoms with Crippen LogP contribution in [0.1, 0.15) is 16.6 Å². The lowest BCUT2D eigenvalue weighted by molar-refractivity contribution is 0.354. The molecule has 0 radical (unpaired) electrons. The molecule has 2 heterocycles. The third-order valence-electron chi connectivity index (χ3n) is 2.60. The minimum Gasteiger partial charge on any atom is -0.496 e. The van der Waals surface area contributed by atoms with Crippen molar-refractivity contribution in [3.8, 4) is 17.5 Å². The van der Waals surface area contributed by atoms with E-state index in [9.17, 15) is 0 Å². The van der Waals surface area contributed by atoms with Gasteiger partial charge < -0.3 is 19.9 Å². The van der Waals surface area contributed by atoms with Crippen molar-refractivity contribution in [2.75, 3.05) is 21.3 Å². The summed E-state index contributed by atoms with van der Waals surface area (Å²) in [4.78, 5) is 9.31. The second-order valence-electron chi connectivity index (χ2n) is 3.64. The van der Waals surface area contributed by atoms with Crippen LogP contribution in [0.25, 0.3) is 0 Å². The van der Waals surface area contributed by atoms with Crippen molar-refractivity contribution in [2.24, 2.45) is 5.73 Å². The fraction of sp³-hybridized carbons (Fsp3) is 0.333. The number of ether oxygens (including phenoxy) is 3. The Morgan fingerprint density at radius 1 is 1.21 bits per heavy atom. The van der Waals surface area contributed by atoms with E-state index in [1.54, 1.807) is 7.11 Å². The van der Waals surface area contributed by atoms with Crippen molar-refractivity contribution in [3.05, 3.63) is 28.2 Å². The Labute approximate surface area is 115 Å². The molecule has 0 aliphatic rings. The van der Waals surface area contributed by atoms with Gasteiger partial charge in [-0.1, -0.05) is 0 Å². The van der Waals surface area contributed by atoms with Crippen molar-refractivity contribution in [1.29, 1.82) is 0 Å². The zero-order valence-corrected chi connectivity index (χ0v) is 11.7. The fourth-order valence-corrected chi connectivity index (χ4v) is 2.52. The summed E-state index contributed by atoms with van der Waals surface area (Å²) in [5, 5.41) is 1.91. The van der Waals surface area contributed by atoms with Crippen LogP contribution < -0.4 is 19.9 Å². The van der Waals surface area contributed by atoms with E-state index in [0.717, 1.165) is 10.6 Å². The maximum atomic E-state index is 6.21. The van der Waals surface area contributed by atoms with E-state index in [0.29, 0.717) is 17.5 Å². The Kier molecular flexibility index (Phi) is 4.18. The standard InChI is InChI=1S/C12H15N3O3S/c1-16-7-4-5-19-11(7)9(13)10-12(18-3)15-8(17-2)6-14-10/h4-6,9H,13H2,1-3H3. The molecule has 0 spiro atoms. The molecular formula is C12H15N3O3S. The molecule has 0 aliphatic heterocycles. The van der Waals surface area contributed by atoms with E-state index in [1.807, 2.05) is 11.4 Å². The first-order valence-electron chi connectivity index (χ1n) is 5.53. The number of nitrogens with zero attached hydrogens (tertiary/aromatic N) is 2. The number of methoxy groups -OCH3 is 3. The lowest BCUT2D eigenvalue weighted by atomic mass is 10.1. The summed E-state index contributed by atoms with van der Waals surface area (Å²) in [6.07, 6.45) is 1.51. The summed E-state index contributed by atoms with van der Waals surface area (Å²) >= 11 is 1.50. The zero-order chi connectivity index (χ0) is 13.8. The molecule has 0 saturated heterocycles. The first kappa shape index (κ1) is 13.6. The number of rotatable bonds is 5. The van der Waals surface area contributed by atoms with E-state index in [4.69, 9.17) is 19.9 Å². The molecule has 0 bridgehead atoms. The SMILES string of the molecule is COc1cnc(C(N)c2sccc2OC)c(OC)n1. The molecule has 6 nitrogen and oxygen atoms in total. The summed E-state index contributed by atoms with van der Waals surface area (Å²) in [5.41, 5.74) is 6.76. The smallest absolute Gasteiger partial charge is 0.240 e.